The van der Waals surface area contributed by atoms with Crippen molar-refractivity contribution in [3.8, 4) is 0 Å². The van der Waals surface area contributed by atoms with Crippen LogP contribution in [0.3, 0.4) is 0 Å². The van der Waals surface area contributed by atoms with E-state index in [0.717, 1.165) is 5.69 Å². The Morgan fingerprint density at radius 1 is 1.21 bits per heavy atom. The number of anilines is 1. The second-order valence-electron chi connectivity index (χ2n) is 4.64. The normalized spacial score (nSPS) is 19.5. The van der Waals surface area contributed by atoms with Crippen LogP contribution >= 0.6 is 34.8 Å². The lowest BCUT2D eigenvalue weighted by molar-refractivity contribution is 0.598. The molecule has 1 unspecified atom stereocenters. The third kappa shape index (κ3) is 3.07. The summed E-state index contributed by atoms with van der Waals surface area (Å²) >= 11 is 18.0. The van der Waals surface area contributed by atoms with Gasteiger partial charge in [-0.25, -0.2) is 4.39 Å². The topological polar surface area (TPSA) is 3.24 Å². The van der Waals surface area contributed by atoms with Crippen molar-refractivity contribution in [1.82, 2.24) is 0 Å². The summed E-state index contributed by atoms with van der Waals surface area (Å²) in [6.45, 7) is 0. The minimum atomic E-state index is -0.264. The number of nitrogens with zero attached hydrogens (tertiary/aromatic N) is 1. The van der Waals surface area contributed by atoms with Gasteiger partial charge in [-0.15, -0.1) is 0 Å². The Morgan fingerprint density at radius 3 is 2.42 bits per heavy atom. The Balaban J connectivity index is 2.35. The van der Waals surface area contributed by atoms with E-state index >= 15 is 0 Å². The molecule has 2 rings (SSSR count). The molecule has 5 heteroatoms. The summed E-state index contributed by atoms with van der Waals surface area (Å²) in [4.78, 5) is 1.85. The highest BCUT2D eigenvalue weighted by Crippen LogP contribution is 2.40. The van der Waals surface area contributed by atoms with Crippen molar-refractivity contribution in [2.24, 2.45) is 0 Å². The van der Waals surface area contributed by atoms with Gasteiger partial charge in [-0.1, -0.05) is 46.9 Å². The van der Waals surface area contributed by atoms with Crippen molar-refractivity contribution in [1.29, 1.82) is 0 Å². The summed E-state index contributed by atoms with van der Waals surface area (Å²) in [6.07, 6.45) is 2.21. The van der Waals surface area contributed by atoms with Crippen molar-refractivity contribution >= 4 is 40.5 Å². The molecular formula is C14H13Cl3FN. The van der Waals surface area contributed by atoms with Gasteiger partial charge in [0.1, 0.15) is 5.82 Å². The molecule has 1 aromatic carbocycles. The average Bonchev–Trinajstić information content (AvgIpc) is 2.35. The predicted molar refractivity (Wildman–Crippen MR) is 80.8 cm³/mol. The van der Waals surface area contributed by atoms with Gasteiger partial charge < -0.3 is 4.90 Å². The first-order valence-corrected chi connectivity index (χ1v) is 6.92. The molecule has 0 fully saturated rings. The van der Waals surface area contributed by atoms with Gasteiger partial charge in [0.25, 0.3) is 0 Å². The van der Waals surface area contributed by atoms with Gasteiger partial charge in [0.05, 0.1) is 10.1 Å². The molecule has 0 bridgehead atoms. The van der Waals surface area contributed by atoms with Crippen LogP contribution in [0.1, 0.15) is 17.9 Å². The predicted octanol–water partition coefficient (Wildman–Crippen LogP) is 5.19. The summed E-state index contributed by atoms with van der Waals surface area (Å²) < 4.78 is 14.2. The van der Waals surface area contributed by atoms with Crippen molar-refractivity contribution in [2.75, 3.05) is 19.0 Å². The number of allylic oxidation sites excluding steroid dienone is 4. The van der Waals surface area contributed by atoms with Crippen molar-refractivity contribution in [3.63, 3.8) is 0 Å². The van der Waals surface area contributed by atoms with Crippen LogP contribution in [0.15, 0.2) is 39.4 Å². The summed E-state index contributed by atoms with van der Waals surface area (Å²) in [5, 5.41) is 1.19. The van der Waals surface area contributed by atoms with Crippen LogP contribution in [0, 0.1) is 5.82 Å². The molecule has 0 radical (unpaired) electrons. The maximum Gasteiger partial charge on any atom is 0.129 e. The van der Waals surface area contributed by atoms with E-state index in [-0.39, 0.29) is 11.7 Å². The Kier molecular flexibility index (Phi) is 4.44. The number of rotatable bonds is 2. The lowest BCUT2D eigenvalue weighted by Gasteiger charge is -2.21. The third-order valence-corrected chi connectivity index (χ3v) is 4.38. The van der Waals surface area contributed by atoms with E-state index in [1.807, 2.05) is 25.1 Å². The van der Waals surface area contributed by atoms with E-state index in [1.54, 1.807) is 12.1 Å². The number of halogens is 4. The molecule has 0 aromatic heterocycles. The second kappa shape index (κ2) is 5.74. The minimum Gasteiger partial charge on any atom is -0.378 e. The number of hydrogen-bond acceptors (Lipinski definition) is 1. The number of hydrogen-bond donors (Lipinski definition) is 0. The van der Waals surface area contributed by atoms with Gasteiger partial charge in [0, 0.05) is 30.7 Å². The molecule has 1 aliphatic carbocycles. The fraction of sp³-hybridized carbons (Fsp3) is 0.286. The van der Waals surface area contributed by atoms with Gasteiger partial charge in [-0.3, -0.25) is 0 Å². The highest BCUT2D eigenvalue weighted by molar-refractivity contribution is 6.48. The number of benzene rings is 1. The molecular weight excluding hydrogens is 308 g/mol. The summed E-state index contributed by atoms with van der Waals surface area (Å²) in [5.74, 6) is -0.446. The largest absolute Gasteiger partial charge is 0.378 e. The molecule has 1 atom stereocenters. The van der Waals surface area contributed by atoms with Crippen LogP contribution in [-0.4, -0.2) is 14.1 Å². The van der Waals surface area contributed by atoms with Gasteiger partial charge in [0.2, 0.25) is 0 Å². The van der Waals surface area contributed by atoms with Crippen molar-refractivity contribution in [2.45, 2.75) is 12.3 Å². The first kappa shape index (κ1) is 14.7. The fourth-order valence-electron chi connectivity index (χ4n) is 2.02. The maximum atomic E-state index is 14.2. The molecule has 0 saturated heterocycles. The van der Waals surface area contributed by atoms with Crippen molar-refractivity contribution in [3.05, 3.63) is 50.8 Å². The quantitative estimate of drug-likeness (QED) is 0.724. The third-order valence-electron chi connectivity index (χ3n) is 3.09. The maximum absolute atomic E-state index is 14.2. The first-order chi connectivity index (χ1) is 8.90. The minimum absolute atomic E-state index is 0.182. The molecule has 1 aliphatic rings. The lowest BCUT2D eigenvalue weighted by Crippen LogP contribution is -2.10. The fourth-order valence-corrected chi connectivity index (χ4v) is 2.74. The zero-order valence-electron chi connectivity index (χ0n) is 10.6. The Labute approximate surface area is 127 Å². The SMILES string of the molecule is CN(C)c1ccc(C2C=C(Cl)C(Cl)=C(Cl)C2)c(F)c1. The van der Waals surface area contributed by atoms with Crippen LogP contribution in [0.2, 0.25) is 0 Å². The van der Waals surface area contributed by atoms with E-state index in [9.17, 15) is 4.39 Å². The van der Waals surface area contributed by atoms with Crippen molar-refractivity contribution < 1.29 is 4.39 Å². The monoisotopic (exact) mass is 319 g/mol. The standard InChI is InChI=1S/C14H13Cl3FN/c1-19(2)9-3-4-10(13(18)7-9)8-5-11(15)14(17)12(16)6-8/h3-5,7-8H,6H2,1-2H3. The average molecular weight is 321 g/mol. The van der Waals surface area contributed by atoms with Gasteiger partial charge in [-0.2, -0.15) is 0 Å². The molecule has 0 spiro atoms. The zero-order valence-corrected chi connectivity index (χ0v) is 12.8. The van der Waals surface area contributed by atoms with Crippen LogP contribution in [0.4, 0.5) is 10.1 Å². The van der Waals surface area contributed by atoms with Crippen LogP contribution < -0.4 is 4.90 Å². The van der Waals surface area contributed by atoms with Crippen LogP contribution in [0.25, 0.3) is 0 Å². The zero-order chi connectivity index (χ0) is 14.2. The molecule has 0 heterocycles. The van der Waals surface area contributed by atoms with E-state index in [4.69, 9.17) is 34.8 Å². The highest BCUT2D eigenvalue weighted by Gasteiger charge is 2.23. The Bertz CT molecular complexity index is 564. The van der Waals surface area contributed by atoms with E-state index in [2.05, 4.69) is 0 Å². The van der Waals surface area contributed by atoms with Gasteiger partial charge >= 0.3 is 0 Å². The van der Waals surface area contributed by atoms with E-state index in [0.29, 0.717) is 27.1 Å². The van der Waals surface area contributed by atoms with Gasteiger partial charge in [-0.05, 0) is 24.1 Å². The van der Waals surface area contributed by atoms with E-state index < -0.39 is 0 Å². The first-order valence-electron chi connectivity index (χ1n) is 5.78. The summed E-state index contributed by atoms with van der Waals surface area (Å²) in [6, 6.07) is 5.14. The summed E-state index contributed by atoms with van der Waals surface area (Å²) in [7, 11) is 3.73. The lowest BCUT2D eigenvalue weighted by atomic mass is 9.91. The smallest absolute Gasteiger partial charge is 0.129 e. The molecule has 102 valence electrons. The van der Waals surface area contributed by atoms with Gasteiger partial charge in [0.15, 0.2) is 0 Å². The Morgan fingerprint density at radius 2 is 1.89 bits per heavy atom. The summed E-state index contributed by atoms with van der Waals surface area (Å²) in [5.41, 5.74) is 1.39. The second-order valence-corrected chi connectivity index (χ2v) is 5.89. The Hall–Kier alpha value is -0.700. The van der Waals surface area contributed by atoms with E-state index in [1.165, 1.54) is 6.07 Å². The van der Waals surface area contributed by atoms with Crippen LogP contribution in [-0.2, 0) is 0 Å². The molecule has 0 amide bonds. The molecule has 0 saturated carbocycles. The van der Waals surface area contributed by atoms with Crippen LogP contribution in [0.5, 0.6) is 0 Å². The molecule has 0 N–H and O–H groups in total. The molecule has 0 aliphatic heterocycles. The molecule has 1 nitrogen and oxygen atoms in total. The highest BCUT2D eigenvalue weighted by atomic mass is 35.5. The molecule has 1 aromatic rings. The molecule has 19 heavy (non-hydrogen) atoms.